The monoisotopic (exact) mass is 344 g/mol. The average Bonchev–Trinajstić information content (AvgIpc) is 2.58. The van der Waals surface area contributed by atoms with Crippen molar-refractivity contribution in [2.75, 3.05) is 0 Å². The minimum atomic E-state index is -0.712. The predicted octanol–water partition coefficient (Wildman–Crippen LogP) is 3.02. The molecule has 1 aliphatic rings. The van der Waals surface area contributed by atoms with Gasteiger partial charge in [-0.15, -0.1) is 6.42 Å². The SMILES string of the molecule is C#Cc1ccc([C@H]2O[C@H](CC)[C@@H](C)[C@H](OC(C)=O)[C@@H]2OC(C)=O)cc1. The van der Waals surface area contributed by atoms with Gasteiger partial charge in [0.05, 0.1) is 6.10 Å². The molecule has 5 heteroatoms. The lowest BCUT2D eigenvalue weighted by molar-refractivity contribution is -0.225. The van der Waals surface area contributed by atoms with Crippen LogP contribution in [0.2, 0.25) is 0 Å². The fraction of sp³-hybridized carbons (Fsp3) is 0.500. The highest BCUT2D eigenvalue weighted by Gasteiger charge is 2.47. The van der Waals surface area contributed by atoms with Gasteiger partial charge in [0.25, 0.3) is 0 Å². The zero-order valence-electron chi connectivity index (χ0n) is 15.0. The van der Waals surface area contributed by atoms with Crippen molar-refractivity contribution in [1.29, 1.82) is 0 Å². The number of carbonyl (C=O) groups excluding carboxylic acids is 2. The first-order valence-electron chi connectivity index (χ1n) is 8.43. The molecular weight excluding hydrogens is 320 g/mol. The number of esters is 2. The minimum absolute atomic E-state index is 0.0977. The molecule has 0 amide bonds. The number of ether oxygens (including phenoxy) is 3. The van der Waals surface area contributed by atoms with E-state index >= 15 is 0 Å². The molecule has 5 atom stereocenters. The van der Waals surface area contributed by atoms with Crippen molar-refractivity contribution in [1.82, 2.24) is 0 Å². The minimum Gasteiger partial charge on any atom is -0.458 e. The third-order valence-corrected chi connectivity index (χ3v) is 4.46. The Hall–Kier alpha value is -2.32. The zero-order chi connectivity index (χ0) is 18.6. The van der Waals surface area contributed by atoms with Gasteiger partial charge in [0.1, 0.15) is 12.2 Å². The quantitative estimate of drug-likeness (QED) is 0.621. The van der Waals surface area contributed by atoms with Crippen LogP contribution in [0.25, 0.3) is 0 Å². The van der Waals surface area contributed by atoms with Crippen molar-refractivity contribution in [3.63, 3.8) is 0 Å². The normalized spacial score (nSPS) is 28.7. The van der Waals surface area contributed by atoms with Gasteiger partial charge in [-0.05, 0) is 24.1 Å². The third kappa shape index (κ3) is 4.40. The van der Waals surface area contributed by atoms with Crippen LogP contribution in [0.15, 0.2) is 24.3 Å². The van der Waals surface area contributed by atoms with E-state index in [9.17, 15) is 9.59 Å². The molecule has 1 aliphatic heterocycles. The summed E-state index contributed by atoms with van der Waals surface area (Å²) >= 11 is 0. The third-order valence-electron chi connectivity index (χ3n) is 4.46. The van der Waals surface area contributed by atoms with E-state index in [4.69, 9.17) is 20.6 Å². The first-order valence-corrected chi connectivity index (χ1v) is 8.43. The maximum absolute atomic E-state index is 11.6. The lowest BCUT2D eigenvalue weighted by Gasteiger charge is -2.44. The largest absolute Gasteiger partial charge is 0.458 e. The van der Waals surface area contributed by atoms with Crippen LogP contribution in [0, 0.1) is 18.3 Å². The maximum atomic E-state index is 11.6. The molecule has 0 spiro atoms. The Morgan fingerprint density at radius 2 is 1.68 bits per heavy atom. The first kappa shape index (κ1) is 19.0. The Kier molecular flexibility index (Phi) is 6.22. The summed E-state index contributed by atoms with van der Waals surface area (Å²) in [6.07, 6.45) is 4.23. The molecule has 134 valence electrons. The highest BCUT2D eigenvalue weighted by atomic mass is 16.6. The second kappa shape index (κ2) is 8.17. The van der Waals surface area contributed by atoms with Gasteiger partial charge in [-0.3, -0.25) is 9.59 Å². The summed E-state index contributed by atoms with van der Waals surface area (Å²) in [6.45, 7) is 6.64. The summed E-state index contributed by atoms with van der Waals surface area (Å²) in [4.78, 5) is 23.2. The van der Waals surface area contributed by atoms with E-state index in [1.807, 2.05) is 38.1 Å². The van der Waals surface area contributed by atoms with Crippen LogP contribution < -0.4 is 0 Å². The highest BCUT2D eigenvalue weighted by Crippen LogP contribution is 2.39. The molecule has 0 radical (unpaired) electrons. The summed E-state index contributed by atoms with van der Waals surface area (Å²) in [5.74, 6) is 1.61. The molecule has 2 rings (SSSR count). The second-order valence-corrected chi connectivity index (χ2v) is 6.28. The smallest absolute Gasteiger partial charge is 0.303 e. The van der Waals surface area contributed by atoms with Crippen LogP contribution in [0.4, 0.5) is 0 Å². The molecule has 5 nitrogen and oxygen atoms in total. The van der Waals surface area contributed by atoms with Crippen molar-refractivity contribution in [3.8, 4) is 12.3 Å². The summed E-state index contributed by atoms with van der Waals surface area (Å²) in [5, 5.41) is 0. The van der Waals surface area contributed by atoms with E-state index < -0.39 is 30.3 Å². The number of benzene rings is 1. The Morgan fingerprint density at radius 1 is 1.12 bits per heavy atom. The topological polar surface area (TPSA) is 61.8 Å². The summed E-state index contributed by atoms with van der Waals surface area (Å²) in [6, 6.07) is 7.32. The molecular formula is C20H24O5. The molecule has 0 aliphatic carbocycles. The van der Waals surface area contributed by atoms with Gasteiger partial charge in [0, 0.05) is 25.3 Å². The molecule has 0 saturated carbocycles. The van der Waals surface area contributed by atoms with Gasteiger partial charge in [-0.1, -0.05) is 31.9 Å². The van der Waals surface area contributed by atoms with Crippen LogP contribution in [-0.2, 0) is 23.8 Å². The molecule has 1 fully saturated rings. The van der Waals surface area contributed by atoms with Crippen LogP contribution in [0.1, 0.15) is 51.3 Å². The number of hydrogen-bond acceptors (Lipinski definition) is 5. The molecule has 0 N–H and O–H groups in total. The van der Waals surface area contributed by atoms with Crippen LogP contribution in [-0.4, -0.2) is 30.3 Å². The predicted molar refractivity (Wildman–Crippen MR) is 92.6 cm³/mol. The summed E-state index contributed by atoms with van der Waals surface area (Å²) in [5.41, 5.74) is 1.58. The van der Waals surface area contributed by atoms with Gasteiger partial charge in [-0.2, -0.15) is 0 Å². The van der Waals surface area contributed by atoms with E-state index in [1.54, 1.807) is 0 Å². The van der Waals surface area contributed by atoms with Crippen LogP contribution in [0.3, 0.4) is 0 Å². The molecule has 0 aromatic heterocycles. The first-order chi connectivity index (χ1) is 11.9. The molecule has 1 aromatic rings. The van der Waals surface area contributed by atoms with Gasteiger partial charge in [-0.25, -0.2) is 0 Å². The van der Waals surface area contributed by atoms with E-state index in [-0.39, 0.29) is 12.0 Å². The number of hydrogen-bond donors (Lipinski definition) is 0. The van der Waals surface area contributed by atoms with Gasteiger partial charge in [0.2, 0.25) is 0 Å². The molecule has 1 heterocycles. The average molecular weight is 344 g/mol. The summed E-state index contributed by atoms with van der Waals surface area (Å²) in [7, 11) is 0. The zero-order valence-corrected chi connectivity index (χ0v) is 15.0. The molecule has 25 heavy (non-hydrogen) atoms. The highest BCUT2D eigenvalue weighted by molar-refractivity contribution is 5.67. The fourth-order valence-corrected chi connectivity index (χ4v) is 3.26. The molecule has 0 unspecified atom stereocenters. The lowest BCUT2D eigenvalue weighted by Crippen LogP contribution is -2.52. The van der Waals surface area contributed by atoms with E-state index in [2.05, 4.69) is 5.92 Å². The Balaban J connectivity index is 2.42. The van der Waals surface area contributed by atoms with Gasteiger partial charge >= 0.3 is 11.9 Å². The van der Waals surface area contributed by atoms with Gasteiger partial charge in [0.15, 0.2) is 6.10 Å². The van der Waals surface area contributed by atoms with E-state index in [0.29, 0.717) is 0 Å². The molecule has 0 bridgehead atoms. The van der Waals surface area contributed by atoms with E-state index in [1.165, 1.54) is 13.8 Å². The van der Waals surface area contributed by atoms with Crippen LogP contribution >= 0.6 is 0 Å². The summed E-state index contributed by atoms with van der Waals surface area (Å²) < 4.78 is 17.2. The number of carbonyl (C=O) groups is 2. The fourth-order valence-electron chi connectivity index (χ4n) is 3.26. The van der Waals surface area contributed by atoms with Crippen molar-refractivity contribution in [2.24, 2.45) is 5.92 Å². The Morgan fingerprint density at radius 3 is 2.16 bits per heavy atom. The van der Waals surface area contributed by atoms with Crippen molar-refractivity contribution >= 4 is 11.9 Å². The van der Waals surface area contributed by atoms with Crippen molar-refractivity contribution in [3.05, 3.63) is 35.4 Å². The lowest BCUT2D eigenvalue weighted by atomic mass is 9.84. The van der Waals surface area contributed by atoms with Gasteiger partial charge < -0.3 is 14.2 Å². The van der Waals surface area contributed by atoms with Crippen molar-refractivity contribution < 1.29 is 23.8 Å². The Labute approximate surface area is 148 Å². The standard InChI is InChI=1S/C20H24O5/c1-6-15-8-10-16(11-9-15)19-20(24-14(5)22)18(23-13(4)21)12(3)17(7-2)25-19/h1,8-12,17-20H,7H2,2-5H3/t12-,17-,18+,19-,20+/m1/s1. The second-order valence-electron chi connectivity index (χ2n) is 6.28. The van der Waals surface area contributed by atoms with Crippen LogP contribution in [0.5, 0.6) is 0 Å². The number of rotatable bonds is 4. The van der Waals surface area contributed by atoms with E-state index in [0.717, 1.165) is 17.5 Å². The molecule has 1 aromatic carbocycles. The maximum Gasteiger partial charge on any atom is 0.303 e. The molecule has 1 saturated heterocycles. The Bertz CT molecular complexity index is 658. The number of terminal acetylenes is 1. The van der Waals surface area contributed by atoms with Crippen molar-refractivity contribution in [2.45, 2.75) is 58.5 Å².